The van der Waals surface area contributed by atoms with E-state index in [-0.39, 0.29) is 47.3 Å². The van der Waals surface area contributed by atoms with Gasteiger partial charge >= 0.3 is 5.97 Å². The molecule has 6 heteroatoms. The molecule has 9 atom stereocenters. The van der Waals surface area contributed by atoms with Gasteiger partial charge in [0.1, 0.15) is 6.10 Å². The minimum atomic E-state index is -0.352. The highest BCUT2D eigenvalue weighted by atomic mass is 16.5. The highest BCUT2D eigenvalue weighted by Crippen LogP contribution is 2.67. The third-order valence-corrected chi connectivity index (χ3v) is 14.7. The second-order valence-electron chi connectivity index (χ2n) is 20.0. The summed E-state index contributed by atoms with van der Waals surface area (Å²) in [6.07, 6.45) is 19.0. The van der Waals surface area contributed by atoms with Crippen molar-refractivity contribution in [1.29, 1.82) is 0 Å². The van der Waals surface area contributed by atoms with Crippen LogP contribution in [0, 0.1) is 52.3 Å². The fourth-order valence-electron chi connectivity index (χ4n) is 11.5. The van der Waals surface area contributed by atoms with Crippen molar-refractivity contribution in [1.82, 2.24) is 4.90 Å². The number of fused-ring (bicyclic) bond motifs is 5. The molecule has 0 spiro atoms. The third kappa shape index (κ3) is 10.2. The minimum Gasteiger partial charge on any atom is -0.462 e. The largest absolute Gasteiger partial charge is 0.462 e. The van der Waals surface area contributed by atoms with Crippen LogP contribution in [0.4, 0.5) is 0 Å². The molecule has 288 valence electrons. The van der Waals surface area contributed by atoms with Crippen molar-refractivity contribution in [2.45, 2.75) is 189 Å². The topological polar surface area (TPSA) is 98.7 Å². The Morgan fingerprint density at radius 1 is 0.920 bits per heavy atom. The van der Waals surface area contributed by atoms with Crippen molar-refractivity contribution >= 4 is 11.9 Å². The van der Waals surface area contributed by atoms with Gasteiger partial charge in [-0.2, -0.15) is 0 Å². The van der Waals surface area contributed by atoms with E-state index in [1.165, 1.54) is 51.4 Å². The number of hydrogen-bond donors (Lipinski definition) is 2. The van der Waals surface area contributed by atoms with Crippen molar-refractivity contribution < 1.29 is 14.3 Å². The number of nitrogens with zero attached hydrogens (tertiary/aromatic N) is 1. The summed E-state index contributed by atoms with van der Waals surface area (Å²) in [5.41, 5.74) is 14.1. The number of esters is 1. The van der Waals surface area contributed by atoms with E-state index in [2.05, 4.69) is 47.6 Å². The normalized spacial score (nSPS) is 32.4. The van der Waals surface area contributed by atoms with E-state index in [0.29, 0.717) is 24.9 Å². The minimum absolute atomic E-state index is 0.00633. The molecule has 0 heterocycles. The number of hydrogen-bond acceptors (Lipinski definition) is 5. The van der Waals surface area contributed by atoms with Crippen molar-refractivity contribution in [3.8, 4) is 0 Å². The lowest BCUT2D eigenvalue weighted by atomic mass is 9.47. The zero-order valence-corrected chi connectivity index (χ0v) is 34.3. The second kappa shape index (κ2) is 16.7. The zero-order valence-electron chi connectivity index (χ0n) is 34.3. The predicted molar refractivity (Wildman–Crippen MR) is 208 cm³/mol. The van der Waals surface area contributed by atoms with Gasteiger partial charge in [-0.3, -0.25) is 9.59 Å². The Morgan fingerprint density at radius 3 is 2.26 bits per heavy atom. The van der Waals surface area contributed by atoms with Gasteiger partial charge in [0.15, 0.2) is 0 Å². The molecule has 4 rings (SSSR count). The predicted octanol–water partition coefficient (Wildman–Crippen LogP) is 9.83. The molecule has 1 amide bonds. The Kier molecular flexibility index (Phi) is 13.8. The van der Waals surface area contributed by atoms with Gasteiger partial charge in [0.2, 0.25) is 5.91 Å². The molecular weight excluding hydrogens is 619 g/mol. The molecule has 4 aliphatic carbocycles. The van der Waals surface area contributed by atoms with Crippen LogP contribution in [0.3, 0.4) is 0 Å². The molecular formula is C44H79N3O3. The molecule has 0 aliphatic heterocycles. The summed E-state index contributed by atoms with van der Waals surface area (Å²) in [5.74, 6) is 5.53. The monoisotopic (exact) mass is 698 g/mol. The second-order valence-corrected chi connectivity index (χ2v) is 20.0. The van der Waals surface area contributed by atoms with Crippen molar-refractivity contribution in [2.75, 3.05) is 13.1 Å². The van der Waals surface area contributed by atoms with Crippen LogP contribution in [0.2, 0.25) is 0 Å². The standard InChI is InChI=1S/C44H79N3O3/c1-11-32(30(2)3)14-13-31(4)36-17-18-37-35-16-15-33-29-34(21-24-43(33,9)38(35)22-25-44(36,37)10)50-40(49)20-19-39(48)47(28-26-42(7,8)46)27-12-23-41(5,6)45/h15,30-32,34-38H,11-14,16-29,45-46H2,1-10H3/t31?,32?,34-,35-,36+,37-,38-,43-,44+/m0/s1. The molecule has 0 bridgehead atoms. The summed E-state index contributed by atoms with van der Waals surface area (Å²) < 4.78 is 6.09. The van der Waals surface area contributed by atoms with E-state index >= 15 is 0 Å². The molecule has 2 unspecified atom stereocenters. The van der Waals surface area contributed by atoms with Crippen molar-refractivity contribution in [3.63, 3.8) is 0 Å². The maximum Gasteiger partial charge on any atom is 0.306 e. The first-order chi connectivity index (χ1) is 23.3. The number of carbonyl (C=O) groups is 2. The van der Waals surface area contributed by atoms with Gasteiger partial charge < -0.3 is 21.1 Å². The van der Waals surface area contributed by atoms with Gasteiger partial charge in [-0.05, 0) is 151 Å². The number of rotatable bonds is 17. The van der Waals surface area contributed by atoms with E-state index in [1.807, 2.05) is 32.6 Å². The first kappa shape index (κ1) is 41.4. The molecule has 4 N–H and O–H groups in total. The lowest BCUT2D eigenvalue weighted by Crippen LogP contribution is -2.51. The van der Waals surface area contributed by atoms with Gasteiger partial charge in [0.25, 0.3) is 0 Å². The molecule has 0 aromatic heterocycles. The number of amides is 1. The molecule has 4 aliphatic rings. The van der Waals surface area contributed by atoms with Crippen LogP contribution in [-0.2, 0) is 14.3 Å². The van der Waals surface area contributed by atoms with Crippen LogP contribution in [0.1, 0.15) is 172 Å². The van der Waals surface area contributed by atoms with Crippen LogP contribution in [-0.4, -0.2) is 47.0 Å². The Labute approximate surface area is 308 Å². The summed E-state index contributed by atoms with van der Waals surface area (Å²) in [6, 6.07) is 0. The molecule has 3 saturated carbocycles. The smallest absolute Gasteiger partial charge is 0.306 e. The summed E-state index contributed by atoms with van der Waals surface area (Å²) in [5, 5.41) is 0. The number of carbonyl (C=O) groups excluding carboxylic acids is 2. The fraction of sp³-hybridized carbons (Fsp3) is 0.909. The van der Waals surface area contributed by atoms with Crippen LogP contribution in [0.5, 0.6) is 0 Å². The summed E-state index contributed by atoms with van der Waals surface area (Å²) in [4.78, 5) is 28.2. The molecule has 50 heavy (non-hydrogen) atoms. The number of ether oxygens (including phenoxy) is 1. The molecule has 3 fully saturated rings. The fourth-order valence-corrected chi connectivity index (χ4v) is 11.5. The Bertz CT molecular complexity index is 1170. The summed E-state index contributed by atoms with van der Waals surface area (Å²) in [6.45, 7) is 24.2. The van der Waals surface area contributed by atoms with E-state index in [9.17, 15) is 9.59 Å². The SMILES string of the molecule is CCC(CCC(C)[C@H]1CC[C@H]2[C@@H]3CC=C4C[C@@H](OC(=O)CCC(=O)N(CCCC(C)(C)N)CCC(C)(C)N)CC[C@]4(C)[C@H]3CC[C@]12C)C(C)C. The maximum absolute atomic E-state index is 13.3. The molecule has 0 radical (unpaired) electrons. The average molecular weight is 698 g/mol. The number of allylic oxidation sites excluding steroid dienone is 1. The Morgan fingerprint density at radius 2 is 1.62 bits per heavy atom. The number of nitrogens with two attached hydrogens (primary N) is 2. The van der Waals surface area contributed by atoms with E-state index in [0.717, 1.165) is 73.5 Å². The van der Waals surface area contributed by atoms with Crippen LogP contribution in [0.25, 0.3) is 0 Å². The molecule has 0 aromatic carbocycles. The van der Waals surface area contributed by atoms with Crippen molar-refractivity contribution in [2.24, 2.45) is 63.7 Å². The molecule has 6 nitrogen and oxygen atoms in total. The zero-order chi connectivity index (χ0) is 37.1. The quantitative estimate of drug-likeness (QED) is 0.116. The lowest BCUT2D eigenvalue weighted by molar-refractivity contribution is -0.153. The highest BCUT2D eigenvalue weighted by Gasteiger charge is 2.59. The van der Waals surface area contributed by atoms with Crippen LogP contribution in [0.15, 0.2) is 11.6 Å². The Balaban J connectivity index is 1.30. The molecule has 0 aromatic rings. The van der Waals surface area contributed by atoms with E-state index in [4.69, 9.17) is 16.2 Å². The van der Waals surface area contributed by atoms with Gasteiger partial charge in [0.05, 0.1) is 6.42 Å². The van der Waals surface area contributed by atoms with Crippen LogP contribution < -0.4 is 11.5 Å². The van der Waals surface area contributed by atoms with Gasteiger partial charge in [-0.1, -0.05) is 66.0 Å². The third-order valence-electron chi connectivity index (χ3n) is 14.7. The van der Waals surface area contributed by atoms with Crippen molar-refractivity contribution in [3.05, 3.63) is 11.6 Å². The van der Waals surface area contributed by atoms with Gasteiger partial charge in [-0.15, -0.1) is 0 Å². The van der Waals surface area contributed by atoms with E-state index in [1.54, 1.807) is 5.57 Å². The Hall–Kier alpha value is -1.40. The van der Waals surface area contributed by atoms with E-state index < -0.39 is 0 Å². The first-order valence-electron chi connectivity index (χ1n) is 21.0. The maximum atomic E-state index is 13.3. The average Bonchev–Trinajstić information content (AvgIpc) is 3.38. The summed E-state index contributed by atoms with van der Waals surface area (Å²) in [7, 11) is 0. The molecule has 0 saturated heterocycles. The highest BCUT2D eigenvalue weighted by molar-refractivity contribution is 5.81. The first-order valence-corrected chi connectivity index (χ1v) is 21.0. The van der Waals surface area contributed by atoms with Crippen LogP contribution >= 0.6 is 0 Å². The van der Waals surface area contributed by atoms with Gasteiger partial charge in [0, 0.05) is 37.0 Å². The summed E-state index contributed by atoms with van der Waals surface area (Å²) >= 11 is 0. The lowest BCUT2D eigenvalue weighted by Gasteiger charge is -2.58. The van der Waals surface area contributed by atoms with Gasteiger partial charge in [-0.25, -0.2) is 0 Å².